The second-order valence-electron chi connectivity index (χ2n) is 6.04. The van der Waals surface area contributed by atoms with E-state index in [1.165, 1.54) is 4.31 Å². The first-order valence-electron chi connectivity index (χ1n) is 8.18. The number of nitrogens with zero attached hydrogens (tertiary/aromatic N) is 1. The van der Waals surface area contributed by atoms with Crippen molar-refractivity contribution in [2.75, 3.05) is 6.54 Å². The fraction of sp³-hybridized carbons (Fsp3) is 0.278. The minimum Gasteiger partial charge on any atom is -0.351 e. The molecule has 0 spiro atoms. The minimum atomic E-state index is -3.69. The molecule has 0 aliphatic carbocycles. The Bertz CT molecular complexity index is 906. The maximum atomic E-state index is 12.8. The molecule has 3 rings (SSSR count). The highest BCUT2D eigenvalue weighted by Crippen LogP contribution is 2.26. The Morgan fingerprint density at radius 1 is 1.23 bits per heavy atom. The van der Waals surface area contributed by atoms with Gasteiger partial charge in [-0.05, 0) is 42.7 Å². The quantitative estimate of drug-likeness (QED) is 0.746. The maximum Gasteiger partial charge on any atom is 0.243 e. The van der Waals surface area contributed by atoms with E-state index in [-0.39, 0.29) is 17.3 Å². The Morgan fingerprint density at radius 2 is 1.96 bits per heavy atom. The number of carbonyl (C=O) groups excluding carboxylic acids is 1. The summed E-state index contributed by atoms with van der Waals surface area (Å²) in [4.78, 5) is 12.8. The number of hydrogen-bond acceptors (Lipinski definition) is 3. The van der Waals surface area contributed by atoms with Gasteiger partial charge < -0.3 is 5.32 Å². The predicted octanol–water partition coefficient (Wildman–Crippen LogP) is 3.57. The summed E-state index contributed by atoms with van der Waals surface area (Å²) in [5, 5.41) is 3.35. The molecule has 2 aromatic rings. The molecule has 1 aliphatic rings. The Morgan fingerprint density at radius 3 is 2.65 bits per heavy atom. The van der Waals surface area contributed by atoms with Crippen LogP contribution < -0.4 is 5.32 Å². The van der Waals surface area contributed by atoms with E-state index in [0.29, 0.717) is 24.4 Å². The molecule has 1 amide bonds. The molecule has 1 N–H and O–H groups in total. The molecular weight excluding hydrogens is 440 g/mol. The number of nitrogens with one attached hydrogen (secondary N) is 1. The van der Waals surface area contributed by atoms with Gasteiger partial charge in [0.15, 0.2) is 0 Å². The van der Waals surface area contributed by atoms with Crippen molar-refractivity contribution in [3.05, 3.63) is 63.6 Å². The Kier molecular flexibility index (Phi) is 6.02. The fourth-order valence-corrected chi connectivity index (χ4v) is 5.40. The third-order valence-corrected chi connectivity index (χ3v) is 7.09. The lowest BCUT2D eigenvalue weighted by atomic mass is 10.2. The van der Waals surface area contributed by atoms with Crippen molar-refractivity contribution in [2.24, 2.45) is 0 Å². The molecule has 8 heteroatoms. The lowest BCUT2D eigenvalue weighted by Gasteiger charge is -2.23. The first kappa shape index (κ1) is 19.4. The van der Waals surface area contributed by atoms with Gasteiger partial charge in [-0.15, -0.1) is 0 Å². The Balaban J connectivity index is 1.72. The van der Waals surface area contributed by atoms with Gasteiger partial charge in [-0.1, -0.05) is 51.8 Å². The largest absolute Gasteiger partial charge is 0.351 e. The molecule has 0 radical (unpaired) electrons. The topological polar surface area (TPSA) is 66.5 Å². The summed E-state index contributed by atoms with van der Waals surface area (Å²) < 4.78 is 27.8. The van der Waals surface area contributed by atoms with Crippen LogP contribution in [0.1, 0.15) is 18.4 Å². The molecule has 1 atom stereocenters. The zero-order chi connectivity index (χ0) is 18.7. The van der Waals surface area contributed by atoms with E-state index in [9.17, 15) is 13.2 Å². The SMILES string of the molecule is O=C(NCc1ccc(Br)cc1Cl)C1CCCN1S(=O)(=O)c1ccccc1. The average Bonchev–Trinajstić information content (AvgIpc) is 3.12. The van der Waals surface area contributed by atoms with Crippen LogP contribution >= 0.6 is 27.5 Å². The summed E-state index contributed by atoms with van der Waals surface area (Å²) in [6.45, 7) is 0.592. The predicted molar refractivity (Wildman–Crippen MR) is 104 cm³/mol. The van der Waals surface area contributed by atoms with Crippen LogP contribution in [-0.2, 0) is 21.4 Å². The molecule has 1 unspecified atom stereocenters. The van der Waals surface area contributed by atoms with Gasteiger partial charge in [0.1, 0.15) is 6.04 Å². The van der Waals surface area contributed by atoms with E-state index in [2.05, 4.69) is 21.2 Å². The molecule has 5 nitrogen and oxygen atoms in total. The molecule has 2 aromatic carbocycles. The molecule has 0 saturated carbocycles. The van der Waals surface area contributed by atoms with Crippen LogP contribution in [0, 0.1) is 0 Å². The summed E-state index contributed by atoms with van der Waals surface area (Å²) in [5.41, 5.74) is 0.777. The van der Waals surface area contributed by atoms with Crippen molar-refractivity contribution in [3.63, 3.8) is 0 Å². The monoisotopic (exact) mass is 456 g/mol. The van der Waals surface area contributed by atoms with E-state index < -0.39 is 16.1 Å². The van der Waals surface area contributed by atoms with Crippen molar-refractivity contribution in [1.82, 2.24) is 9.62 Å². The number of hydrogen-bond donors (Lipinski definition) is 1. The zero-order valence-corrected chi connectivity index (χ0v) is 17.0. The van der Waals surface area contributed by atoms with E-state index in [1.54, 1.807) is 36.4 Å². The molecule has 1 heterocycles. The summed E-state index contributed by atoms with van der Waals surface area (Å²) >= 11 is 9.50. The second kappa shape index (κ2) is 8.08. The van der Waals surface area contributed by atoms with E-state index in [4.69, 9.17) is 11.6 Å². The lowest BCUT2D eigenvalue weighted by Crippen LogP contribution is -2.45. The van der Waals surface area contributed by atoms with Crippen molar-refractivity contribution in [3.8, 4) is 0 Å². The van der Waals surface area contributed by atoms with Crippen LogP contribution in [0.5, 0.6) is 0 Å². The number of rotatable bonds is 5. The highest BCUT2D eigenvalue weighted by Gasteiger charge is 2.39. The molecule has 0 aromatic heterocycles. The molecule has 1 aliphatic heterocycles. The lowest BCUT2D eigenvalue weighted by molar-refractivity contribution is -0.124. The van der Waals surface area contributed by atoms with Gasteiger partial charge >= 0.3 is 0 Å². The van der Waals surface area contributed by atoms with Crippen LogP contribution in [0.15, 0.2) is 57.9 Å². The third-order valence-electron chi connectivity index (χ3n) is 4.32. The molecule has 0 bridgehead atoms. The van der Waals surface area contributed by atoms with Crippen molar-refractivity contribution >= 4 is 43.5 Å². The third kappa shape index (κ3) is 4.11. The highest BCUT2D eigenvalue weighted by molar-refractivity contribution is 9.10. The van der Waals surface area contributed by atoms with Crippen LogP contribution in [-0.4, -0.2) is 31.2 Å². The first-order chi connectivity index (χ1) is 12.4. The number of halogens is 2. The summed E-state index contributed by atoms with van der Waals surface area (Å²) in [5.74, 6) is -0.305. The normalized spacial score (nSPS) is 18.0. The molecule has 26 heavy (non-hydrogen) atoms. The van der Waals surface area contributed by atoms with Crippen LogP contribution in [0.25, 0.3) is 0 Å². The average molecular weight is 458 g/mol. The highest BCUT2D eigenvalue weighted by atomic mass is 79.9. The van der Waals surface area contributed by atoms with Gasteiger partial charge in [0.25, 0.3) is 0 Å². The van der Waals surface area contributed by atoms with Crippen molar-refractivity contribution in [2.45, 2.75) is 30.3 Å². The summed E-state index contributed by atoms with van der Waals surface area (Å²) in [6.07, 6.45) is 1.16. The maximum absolute atomic E-state index is 12.8. The van der Waals surface area contributed by atoms with E-state index in [0.717, 1.165) is 10.0 Å². The van der Waals surface area contributed by atoms with Gasteiger partial charge in [0, 0.05) is 22.6 Å². The first-order valence-corrected chi connectivity index (χ1v) is 10.8. The van der Waals surface area contributed by atoms with Gasteiger partial charge in [-0.3, -0.25) is 4.79 Å². The van der Waals surface area contributed by atoms with Crippen LogP contribution in [0.2, 0.25) is 5.02 Å². The summed E-state index contributed by atoms with van der Waals surface area (Å²) in [7, 11) is -3.69. The second-order valence-corrected chi connectivity index (χ2v) is 9.25. The van der Waals surface area contributed by atoms with E-state index in [1.807, 2.05) is 12.1 Å². The number of carbonyl (C=O) groups is 1. The van der Waals surface area contributed by atoms with Crippen LogP contribution in [0.3, 0.4) is 0 Å². The van der Waals surface area contributed by atoms with Crippen LogP contribution in [0.4, 0.5) is 0 Å². The van der Waals surface area contributed by atoms with Gasteiger partial charge in [-0.2, -0.15) is 4.31 Å². The summed E-state index contributed by atoms with van der Waals surface area (Å²) in [6, 6.07) is 12.9. The Labute approximate surface area is 166 Å². The standard InChI is InChI=1S/C18H18BrClN2O3S/c19-14-9-8-13(16(20)11-14)12-21-18(23)17-7-4-10-22(17)26(24,25)15-5-2-1-3-6-15/h1-3,5-6,8-9,11,17H,4,7,10,12H2,(H,21,23). The fourth-order valence-electron chi connectivity index (χ4n) is 2.98. The van der Waals surface area contributed by atoms with Gasteiger partial charge in [0.2, 0.25) is 15.9 Å². The van der Waals surface area contributed by atoms with Crippen molar-refractivity contribution in [1.29, 1.82) is 0 Å². The Hall–Kier alpha value is -1.41. The number of sulfonamides is 1. The van der Waals surface area contributed by atoms with Crippen molar-refractivity contribution < 1.29 is 13.2 Å². The zero-order valence-electron chi connectivity index (χ0n) is 13.9. The molecular formula is C18H18BrClN2O3S. The number of benzene rings is 2. The van der Waals surface area contributed by atoms with E-state index >= 15 is 0 Å². The molecule has 138 valence electrons. The molecule has 1 saturated heterocycles. The van der Waals surface area contributed by atoms with Gasteiger partial charge in [-0.25, -0.2) is 8.42 Å². The molecule has 1 fully saturated rings. The minimum absolute atomic E-state index is 0.204. The van der Waals surface area contributed by atoms with Gasteiger partial charge in [0.05, 0.1) is 4.90 Å². The smallest absolute Gasteiger partial charge is 0.243 e. The number of amides is 1.